The first-order chi connectivity index (χ1) is 27.8. The summed E-state index contributed by atoms with van der Waals surface area (Å²) in [5.41, 5.74) is 0. The lowest BCUT2D eigenvalue weighted by Gasteiger charge is -2.46. The number of unbranched alkanes of at least 4 members (excludes halogenated alkanes) is 15. The maximum Gasteiger partial charge on any atom is 0.475 e. The van der Waals surface area contributed by atoms with Gasteiger partial charge in [-0.3, -0.25) is 18.4 Å². The summed E-state index contributed by atoms with van der Waals surface area (Å²) in [5.74, 6) is -0.160. The van der Waals surface area contributed by atoms with Gasteiger partial charge in [0.05, 0.1) is 32.2 Å². The molecule has 332 valence electrons. The summed E-state index contributed by atoms with van der Waals surface area (Å²) in [4.78, 5) is 13.6. The molecule has 0 bridgehead atoms. The molecule has 1 fully saturated rings. The zero-order valence-corrected chi connectivity index (χ0v) is 37.4. The van der Waals surface area contributed by atoms with Gasteiger partial charge in [0.2, 0.25) is 12.2 Å². The van der Waals surface area contributed by atoms with Crippen LogP contribution in [0.1, 0.15) is 156 Å². The number of hydrogen-bond acceptors (Lipinski definition) is 10. The molecule has 0 saturated carbocycles. The van der Waals surface area contributed by atoms with E-state index in [1.165, 1.54) is 96.2 Å². The van der Waals surface area contributed by atoms with Gasteiger partial charge in [-0.2, -0.15) is 0 Å². The molecule has 1 N–H and O–H groups in total. The van der Waals surface area contributed by atoms with Crippen LogP contribution in [0.15, 0.2) is 49.8 Å². The van der Waals surface area contributed by atoms with E-state index in [0.717, 1.165) is 51.4 Å². The molecule has 0 aromatic carbocycles. The average Bonchev–Trinajstić information content (AvgIpc) is 3.21. The van der Waals surface area contributed by atoms with Gasteiger partial charge in [-0.25, -0.2) is 4.57 Å². The molecule has 11 nitrogen and oxygen atoms in total. The summed E-state index contributed by atoms with van der Waals surface area (Å²) in [5, 5.41) is 3.14. The van der Waals surface area contributed by atoms with Gasteiger partial charge in [0.25, 0.3) is 0 Å². The van der Waals surface area contributed by atoms with Crippen LogP contribution in [0, 0.1) is 0 Å². The fourth-order valence-electron chi connectivity index (χ4n) is 6.79. The largest absolute Gasteiger partial charge is 0.475 e. The number of ether oxygens (including phenoxy) is 5. The molecule has 0 aromatic heterocycles. The van der Waals surface area contributed by atoms with Gasteiger partial charge in [0.1, 0.15) is 24.4 Å². The summed E-state index contributed by atoms with van der Waals surface area (Å²) >= 11 is 0. The molecule has 12 heteroatoms. The summed E-state index contributed by atoms with van der Waals surface area (Å²) in [6.07, 6.45) is 30.1. The van der Waals surface area contributed by atoms with Crippen LogP contribution in [0.4, 0.5) is 0 Å². The smallest absolute Gasteiger partial charge is 0.471 e. The van der Waals surface area contributed by atoms with Crippen molar-refractivity contribution < 1.29 is 46.6 Å². The lowest BCUT2D eigenvalue weighted by Crippen LogP contribution is -2.66. The molecule has 0 aromatic rings. The molecule has 1 heterocycles. The van der Waals surface area contributed by atoms with Crippen LogP contribution in [0.5, 0.6) is 0 Å². The fourth-order valence-corrected chi connectivity index (χ4v) is 8.12. The number of amides is 1. The molecule has 0 radical (unpaired) electrons. The number of phosphoric ester groups is 1. The molecular weight excluding hydrogens is 745 g/mol. The zero-order chi connectivity index (χ0) is 41.8. The second-order valence-corrected chi connectivity index (χ2v) is 16.5. The Hall–Kier alpha value is -1.82. The van der Waals surface area contributed by atoms with Gasteiger partial charge < -0.3 is 29.0 Å². The third kappa shape index (κ3) is 25.4. The molecule has 1 amide bonds. The van der Waals surface area contributed by atoms with E-state index in [1.807, 2.05) is 6.92 Å². The van der Waals surface area contributed by atoms with Crippen LogP contribution in [0.3, 0.4) is 0 Å². The fraction of sp³-hybridized carbons (Fsp3) is 0.800. The number of methoxy groups -OCH3 is 2. The van der Waals surface area contributed by atoms with Gasteiger partial charge in [-0.05, 0) is 51.9 Å². The first-order valence-corrected chi connectivity index (χ1v) is 23.6. The van der Waals surface area contributed by atoms with Crippen LogP contribution in [0.25, 0.3) is 0 Å². The molecule has 5 unspecified atom stereocenters. The summed E-state index contributed by atoms with van der Waals surface area (Å²) < 4.78 is 61.8. The minimum absolute atomic E-state index is 0.0105. The minimum atomic E-state index is -4.20. The second kappa shape index (κ2) is 36.1. The normalized spacial score (nSPS) is 20.6. The van der Waals surface area contributed by atoms with Crippen LogP contribution >= 0.6 is 7.82 Å². The van der Waals surface area contributed by atoms with Crippen LogP contribution in [-0.2, 0) is 46.6 Å². The van der Waals surface area contributed by atoms with E-state index in [4.69, 9.17) is 37.3 Å². The van der Waals surface area contributed by atoms with Crippen molar-refractivity contribution in [1.82, 2.24) is 5.32 Å². The Morgan fingerprint density at radius 2 is 1.37 bits per heavy atom. The quantitative estimate of drug-likeness (QED) is 0.0277. The molecule has 1 saturated heterocycles. The van der Waals surface area contributed by atoms with Crippen molar-refractivity contribution in [2.45, 2.75) is 192 Å². The molecule has 6 atom stereocenters. The third-order valence-electron chi connectivity index (χ3n) is 9.98. The van der Waals surface area contributed by atoms with Crippen molar-refractivity contribution in [2.24, 2.45) is 0 Å². The number of allylic oxidation sites excluding steroid dienone is 3. The van der Waals surface area contributed by atoms with E-state index in [0.29, 0.717) is 12.8 Å². The van der Waals surface area contributed by atoms with Crippen molar-refractivity contribution in [1.29, 1.82) is 0 Å². The maximum atomic E-state index is 14.0. The highest BCUT2D eigenvalue weighted by Gasteiger charge is 2.52. The summed E-state index contributed by atoms with van der Waals surface area (Å²) in [7, 11) is -0.950. The van der Waals surface area contributed by atoms with Crippen molar-refractivity contribution in [3.05, 3.63) is 49.8 Å². The van der Waals surface area contributed by atoms with Crippen LogP contribution < -0.4 is 5.32 Å². The van der Waals surface area contributed by atoms with E-state index < -0.39 is 38.5 Å². The molecule has 57 heavy (non-hydrogen) atoms. The van der Waals surface area contributed by atoms with Gasteiger partial charge in [0, 0.05) is 27.2 Å². The lowest BCUT2D eigenvalue weighted by molar-refractivity contribution is -0.262. The minimum Gasteiger partial charge on any atom is -0.471 e. The van der Waals surface area contributed by atoms with Gasteiger partial charge in [0.15, 0.2) is 0 Å². The van der Waals surface area contributed by atoms with E-state index in [9.17, 15) is 9.36 Å². The highest BCUT2D eigenvalue weighted by molar-refractivity contribution is 7.48. The Labute approximate surface area is 347 Å². The highest BCUT2D eigenvalue weighted by Crippen LogP contribution is 2.52. The highest BCUT2D eigenvalue weighted by atomic mass is 31.2. The number of nitrogens with one attached hydrogen (secondary N) is 1. The molecule has 0 spiro atoms. The zero-order valence-electron chi connectivity index (χ0n) is 36.5. The predicted molar refractivity (Wildman–Crippen MR) is 231 cm³/mol. The Bertz CT molecular complexity index is 1090. The number of hydrogen-bond donors (Lipinski definition) is 1. The second-order valence-electron chi connectivity index (χ2n) is 14.9. The van der Waals surface area contributed by atoms with E-state index in [1.54, 1.807) is 13.2 Å². The topological polar surface area (TPSA) is 120 Å². The molecule has 1 rings (SSSR count). The molecule has 0 aliphatic carbocycles. The Balaban J connectivity index is 3.04. The average molecular weight is 828 g/mol. The number of carbonyl (C=O) groups is 1. The standard InChI is InChI=1S/C45H82NO10P/c1-8-13-15-17-18-19-20-21-22-23-24-25-26-28-30-32-41(47)46-42-44(51-37-33-39(50-7)31-29-27-16-14-9-2)43(40(38-49-6)55-45(42)52-34-10-3)56-57(48,53-35-11-4)54-36-12-5/h10-12,19-20,34,39-40,42-45H,4-5,8-9,13-18,21-33,35-38H2,1-3,6-7H3,(H,46,47)/t39-,40?,42?,43?,44?,45?/m1/s1. The lowest BCUT2D eigenvalue weighted by atomic mass is 9.96. The van der Waals surface area contributed by atoms with Gasteiger partial charge >= 0.3 is 7.82 Å². The van der Waals surface area contributed by atoms with Crippen LogP contribution in [-0.4, -0.2) is 83.3 Å². The number of phosphoric acid groups is 1. The molecule has 1 aliphatic rings. The first kappa shape index (κ1) is 53.2. The van der Waals surface area contributed by atoms with E-state index in [2.05, 4.69) is 44.5 Å². The van der Waals surface area contributed by atoms with Crippen molar-refractivity contribution in [3.8, 4) is 0 Å². The summed E-state index contributed by atoms with van der Waals surface area (Å²) in [6.45, 7) is 13.8. The van der Waals surface area contributed by atoms with Gasteiger partial charge in [-0.1, -0.05) is 128 Å². The van der Waals surface area contributed by atoms with E-state index in [-0.39, 0.29) is 38.4 Å². The predicted octanol–water partition coefficient (Wildman–Crippen LogP) is 11.5. The number of carbonyl (C=O) groups excluding carboxylic acids is 1. The number of rotatable bonds is 39. The van der Waals surface area contributed by atoms with Crippen LogP contribution in [0.2, 0.25) is 0 Å². The SMILES string of the molecule is C=CCOP(=O)(OCC=C)OC1C(COC)OC(OC=CC)C(NC(=O)CCCCCCCCCC=CCCCCCC)C1OCC[C@@H](CCCCCCC)OC. The van der Waals surface area contributed by atoms with Crippen molar-refractivity contribution in [2.75, 3.05) is 40.6 Å². The monoisotopic (exact) mass is 828 g/mol. The van der Waals surface area contributed by atoms with E-state index >= 15 is 0 Å². The first-order valence-electron chi connectivity index (χ1n) is 22.1. The molecular formula is C45H82NO10P. The maximum absolute atomic E-state index is 14.0. The molecule has 1 aliphatic heterocycles. The Morgan fingerprint density at radius 1 is 0.789 bits per heavy atom. The third-order valence-corrected chi connectivity index (χ3v) is 11.4. The summed E-state index contributed by atoms with van der Waals surface area (Å²) in [6, 6.07) is -0.834. The Kier molecular flexibility index (Phi) is 33.7. The van der Waals surface area contributed by atoms with Crippen molar-refractivity contribution in [3.63, 3.8) is 0 Å². The van der Waals surface area contributed by atoms with Gasteiger partial charge in [-0.15, -0.1) is 13.2 Å². The Morgan fingerprint density at radius 3 is 1.95 bits per heavy atom. The van der Waals surface area contributed by atoms with Crippen molar-refractivity contribution >= 4 is 13.7 Å².